The van der Waals surface area contributed by atoms with Gasteiger partial charge in [0.05, 0.1) is 12.7 Å². The lowest BCUT2D eigenvalue weighted by Gasteiger charge is -2.10. The average Bonchev–Trinajstić information content (AvgIpc) is 3.35. The topological polar surface area (TPSA) is 58.6 Å². The number of carbonyl (C=O) groups is 1. The number of hydrogen-bond donors (Lipinski definition) is 2. The summed E-state index contributed by atoms with van der Waals surface area (Å²) in [5.41, 5.74) is 1.27. The molecule has 0 radical (unpaired) electrons. The summed E-state index contributed by atoms with van der Waals surface area (Å²) in [6, 6.07) is 14.6. The third-order valence-corrected chi connectivity index (χ3v) is 4.49. The largest absolute Gasteiger partial charge is 0.391 e. The number of aliphatic hydroxyl groups excluding tert-OH is 1. The quantitative estimate of drug-likeness (QED) is 0.825. The molecule has 1 saturated carbocycles. The van der Waals surface area contributed by atoms with Crippen molar-refractivity contribution in [3.63, 3.8) is 0 Å². The minimum atomic E-state index is -0.520. The molecule has 3 rings (SSSR count). The van der Waals surface area contributed by atoms with Crippen LogP contribution in [0.2, 0.25) is 0 Å². The first kappa shape index (κ1) is 16.0. The highest BCUT2D eigenvalue weighted by molar-refractivity contribution is 5.89. The van der Waals surface area contributed by atoms with Crippen LogP contribution in [0, 0.1) is 5.92 Å². The van der Waals surface area contributed by atoms with Gasteiger partial charge in [0.25, 0.3) is 0 Å². The Morgan fingerprint density at radius 2 is 2.09 bits per heavy atom. The summed E-state index contributed by atoms with van der Waals surface area (Å²) in [5, 5.41) is 15.0. The van der Waals surface area contributed by atoms with Crippen molar-refractivity contribution in [3.05, 3.63) is 48.0 Å². The molecule has 0 heterocycles. The molecule has 2 aromatic carbocycles. The van der Waals surface area contributed by atoms with Crippen LogP contribution >= 0.6 is 0 Å². The number of amides is 1. The highest BCUT2D eigenvalue weighted by Crippen LogP contribution is 2.49. The second-order valence-electron chi connectivity index (χ2n) is 6.21. The van der Waals surface area contributed by atoms with Crippen molar-refractivity contribution in [1.82, 2.24) is 5.32 Å². The molecule has 0 bridgehead atoms. The first-order valence-electron chi connectivity index (χ1n) is 8.13. The third-order valence-electron chi connectivity index (χ3n) is 4.49. The van der Waals surface area contributed by atoms with Crippen molar-refractivity contribution in [2.24, 2.45) is 5.92 Å². The average molecular weight is 313 g/mol. The lowest BCUT2D eigenvalue weighted by Crippen LogP contribution is -2.29. The number of benzene rings is 2. The van der Waals surface area contributed by atoms with Crippen LogP contribution in [-0.2, 0) is 9.53 Å². The van der Waals surface area contributed by atoms with E-state index in [0.29, 0.717) is 25.5 Å². The molecule has 0 aromatic heterocycles. The van der Waals surface area contributed by atoms with Gasteiger partial charge in [-0.25, -0.2) is 0 Å². The van der Waals surface area contributed by atoms with E-state index in [1.807, 2.05) is 12.1 Å². The Kier molecular flexibility index (Phi) is 4.94. The summed E-state index contributed by atoms with van der Waals surface area (Å²) >= 11 is 0. The van der Waals surface area contributed by atoms with Gasteiger partial charge in [-0.2, -0.15) is 0 Å². The molecule has 23 heavy (non-hydrogen) atoms. The maximum Gasteiger partial charge on any atom is 0.223 e. The van der Waals surface area contributed by atoms with Gasteiger partial charge in [0.1, 0.15) is 0 Å². The summed E-state index contributed by atoms with van der Waals surface area (Å²) in [5.74, 6) is 0.456. The van der Waals surface area contributed by atoms with Gasteiger partial charge >= 0.3 is 0 Å². The number of rotatable bonds is 7. The SMILES string of the molecule is COCC(O)CCNC(=O)C1CC1c1cccc2ccccc12. The number of aliphatic hydroxyl groups is 1. The molecule has 0 spiro atoms. The maximum atomic E-state index is 12.2. The molecule has 1 aliphatic rings. The lowest BCUT2D eigenvalue weighted by molar-refractivity contribution is -0.122. The molecule has 3 unspecified atom stereocenters. The van der Waals surface area contributed by atoms with Crippen LogP contribution in [0.1, 0.15) is 24.3 Å². The Balaban J connectivity index is 1.57. The minimum Gasteiger partial charge on any atom is -0.391 e. The third kappa shape index (κ3) is 3.71. The summed E-state index contributed by atoms with van der Waals surface area (Å²) in [7, 11) is 1.56. The van der Waals surface area contributed by atoms with Crippen molar-refractivity contribution in [1.29, 1.82) is 0 Å². The number of carbonyl (C=O) groups excluding carboxylic acids is 1. The smallest absolute Gasteiger partial charge is 0.223 e. The number of ether oxygens (including phenoxy) is 1. The van der Waals surface area contributed by atoms with Crippen molar-refractivity contribution in [2.75, 3.05) is 20.3 Å². The highest BCUT2D eigenvalue weighted by Gasteiger charge is 2.44. The molecule has 1 aliphatic carbocycles. The number of fused-ring (bicyclic) bond motifs is 1. The van der Waals surface area contributed by atoms with E-state index in [4.69, 9.17) is 4.74 Å². The van der Waals surface area contributed by atoms with Gasteiger partial charge in [-0.3, -0.25) is 4.79 Å². The first-order valence-corrected chi connectivity index (χ1v) is 8.13. The molecule has 2 N–H and O–H groups in total. The van der Waals surface area contributed by atoms with E-state index in [1.165, 1.54) is 16.3 Å². The zero-order chi connectivity index (χ0) is 16.2. The van der Waals surface area contributed by atoms with Crippen LogP contribution in [0.5, 0.6) is 0 Å². The molecule has 1 amide bonds. The molecule has 2 aromatic rings. The van der Waals surface area contributed by atoms with Gasteiger partial charge in [-0.15, -0.1) is 0 Å². The predicted molar refractivity (Wildman–Crippen MR) is 90.3 cm³/mol. The predicted octanol–water partition coefficient (Wildman–Crippen LogP) is 2.46. The number of nitrogens with one attached hydrogen (secondary N) is 1. The van der Waals surface area contributed by atoms with E-state index in [-0.39, 0.29) is 11.8 Å². The van der Waals surface area contributed by atoms with Gasteiger partial charge in [0, 0.05) is 19.6 Å². The second kappa shape index (κ2) is 7.11. The fraction of sp³-hybridized carbons (Fsp3) is 0.421. The fourth-order valence-corrected chi connectivity index (χ4v) is 3.17. The highest BCUT2D eigenvalue weighted by atomic mass is 16.5. The van der Waals surface area contributed by atoms with Crippen LogP contribution in [0.25, 0.3) is 10.8 Å². The monoisotopic (exact) mass is 313 g/mol. The van der Waals surface area contributed by atoms with Gasteiger partial charge in [0.15, 0.2) is 0 Å². The Bertz CT molecular complexity index is 680. The number of hydrogen-bond acceptors (Lipinski definition) is 3. The normalized spacial score (nSPS) is 21.1. The second-order valence-corrected chi connectivity index (χ2v) is 6.21. The molecular formula is C19H23NO3. The molecule has 0 saturated heterocycles. The standard InChI is InChI=1S/C19H23NO3/c1-23-12-14(21)9-10-20-19(22)18-11-17(18)16-8-4-6-13-5-2-3-7-15(13)16/h2-8,14,17-18,21H,9-12H2,1H3,(H,20,22). The van der Waals surface area contributed by atoms with Crippen molar-refractivity contribution in [2.45, 2.75) is 24.9 Å². The zero-order valence-corrected chi connectivity index (χ0v) is 13.4. The van der Waals surface area contributed by atoms with Gasteiger partial charge < -0.3 is 15.2 Å². The number of methoxy groups -OCH3 is 1. The first-order chi connectivity index (χ1) is 11.2. The van der Waals surface area contributed by atoms with E-state index >= 15 is 0 Å². The van der Waals surface area contributed by atoms with Crippen molar-refractivity contribution >= 4 is 16.7 Å². The Labute approximate surface area is 136 Å². The minimum absolute atomic E-state index is 0.0559. The molecule has 1 fully saturated rings. The summed E-state index contributed by atoms with van der Waals surface area (Å²) in [6.07, 6.45) is 0.902. The van der Waals surface area contributed by atoms with E-state index in [9.17, 15) is 9.90 Å². The molecule has 122 valence electrons. The molecule has 4 nitrogen and oxygen atoms in total. The van der Waals surface area contributed by atoms with Crippen LogP contribution in [0.4, 0.5) is 0 Å². The lowest BCUT2D eigenvalue weighted by atomic mass is 10.00. The molecular weight excluding hydrogens is 290 g/mol. The van der Waals surface area contributed by atoms with E-state index < -0.39 is 6.10 Å². The Hall–Kier alpha value is -1.91. The van der Waals surface area contributed by atoms with Crippen LogP contribution in [-0.4, -0.2) is 37.4 Å². The molecule has 3 atom stereocenters. The van der Waals surface area contributed by atoms with Crippen LogP contribution in [0.15, 0.2) is 42.5 Å². The fourth-order valence-electron chi connectivity index (χ4n) is 3.17. The summed E-state index contributed by atoms with van der Waals surface area (Å²) in [6.45, 7) is 0.792. The van der Waals surface area contributed by atoms with Gasteiger partial charge in [-0.05, 0) is 35.1 Å². The Morgan fingerprint density at radius 3 is 2.91 bits per heavy atom. The van der Waals surface area contributed by atoms with Gasteiger partial charge in [0.2, 0.25) is 5.91 Å². The summed E-state index contributed by atoms with van der Waals surface area (Å²) < 4.78 is 4.87. The maximum absolute atomic E-state index is 12.2. The molecule has 0 aliphatic heterocycles. The Morgan fingerprint density at radius 1 is 1.30 bits per heavy atom. The van der Waals surface area contributed by atoms with Gasteiger partial charge in [-0.1, -0.05) is 42.5 Å². The van der Waals surface area contributed by atoms with E-state index in [2.05, 4.69) is 35.6 Å². The van der Waals surface area contributed by atoms with Crippen LogP contribution < -0.4 is 5.32 Å². The molecule has 4 heteroatoms. The summed E-state index contributed by atoms with van der Waals surface area (Å²) in [4.78, 5) is 12.2. The zero-order valence-electron chi connectivity index (χ0n) is 13.4. The van der Waals surface area contributed by atoms with Crippen LogP contribution in [0.3, 0.4) is 0 Å². The van der Waals surface area contributed by atoms with E-state index in [1.54, 1.807) is 7.11 Å². The van der Waals surface area contributed by atoms with Crippen molar-refractivity contribution in [3.8, 4) is 0 Å². The van der Waals surface area contributed by atoms with Crippen molar-refractivity contribution < 1.29 is 14.6 Å². The van der Waals surface area contributed by atoms with E-state index in [0.717, 1.165) is 6.42 Å².